The molecule has 0 aromatic heterocycles. The van der Waals surface area contributed by atoms with Gasteiger partial charge in [0.05, 0.1) is 6.33 Å². The van der Waals surface area contributed by atoms with Gasteiger partial charge in [-0.3, -0.25) is 4.90 Å². The van der Waals surface area contributed by atoms with Gasteiger partial charge < -0.3 is 9.84 Å². The Morgan fingerprint density at radius 1 is 1.57 bits per heavy atom. The molecular formula is C9H16FNO3. The predicted molar refractivity (Wildman–Crippen MR) is 50.3 cm³/mol. The van der Waals surface area contributed by atoms with Crippen molar-refractivity contribution in [2.24, 2.45) is 0 Å². The van der Waals surface area contributed by atoms with Crippen molar-refractivity contribution in [3.05, 3.63) is 12.4 Å². The lowest BCUT2D eigenvalue weighted by molar-refractivity contribution is 0.00951. The van der Waals surface area contributed by atoms with Gasteiger partial charge in [0, 0.05) is 6.54 Å². The predicted octanol–water partition coefficient (Wildman–Crippen LogP) is 1.66. The lowest BCUT2D eigenvalue weighted by Gasteiger charge is -2.24. The molecule has 0 rings (SSSR count). The Morgan fingerprint density at radius 2 is 2.14 bits per heavy atom. The highest BCUT2D eigenvalue weighted by molar-refractivity contribution is 5.68. The molecule has 0 bridgehead atoms. The molecule has 82 valence electrons. The summed E-state index contributed by atoms with van der Waals surface area (Å²) in [6.45, 7) is 4.63. The first kappa shape index (κ1) is 12.9. The van der Waals surface area contributed by atoms with E-state index in [2.05, 4.69) is 0 Å². The van der Waals surface area contributed by atoms with Gasteiger partial charge in [-0.1, -0.05) is 0 Å². The van der Waals surface area contributed by atoms with E-state index in [4.69, 9.17) is 9.84 Å². The molecule has 0 spiro atoms. The maximum Gasteiger partial charge on any atom is 0.412 e. The number of hydrogen-bond donors (Lipinski definition) is 1. The number of rotatable bonds is 3. The molecule has 1 N–H and O–H groups in total. The van der Waals surface area contributed by atoms with E-state index in [1.807, 2.05) is 0 Å². The molecule has 0 atom stereocenters. The highest BCUT2D eigenvalue weighted by atomic mass is 19.1. The van der Waals surface area contributed by atoms with Gasteiger partial charge in [0.15, 0.2) is 0 Å². The summed E-state index contributed by atoms with van der Waals surface area (Å²) < 4.78 is 16.6. The highest BCUT2D eigenvalue weighted by Gasteiger charge is 2.20. The molecule has 0 heterocycles. The molecule has 0 aromatic carbocycles. The van der Waals surface area contributed by atoms with Crippen LogP contribution in [0.3, 0.4) is 0 Å². The summed E-state index contributed by atoms with van der Waals surface area (Å²) in [6.07, 6.45) is 0.755. The van der Waals surface area contributed by atoms with Crippen molar-refractivity contribution in [1.29, 1.82) is 0 Å². The van der Waals surface area contributed by atoms with Crippen molar-refractivity contribution in [2.75, 3.05) is 13.3 Å². The van der Waals surface area contributed by atoms with Crippen LogP contribution in [-0.2, 0) is 4.74 Å². The van der Waals surface area contributed by atoms with E-state index in [1.165, 1.54) is 0 Å². The van der Waals surface area contributed by atoms with E-state index in [-0.39, 0.29) is 6.54 Å². The summed E-state index contributed by atoms with van der Waals surface area (Å²) in [4.78, 5) is 12.3. The molecule has 0 aromatic rings. The lowest BCUT2D eigenvalue weighted by atomic mass is 10.2. The topological polar surface area (TPSA) is 49.8 Å². The molecule has 0 unspecified atom stereocenters. The second-order valence-corrected chi connectivity index (χ2v) is 3.71. The van der Waals surface area contributed by atoms with Crippen LogP contribution < -0.4 is 0 Å². The van der Waals surface area contributed by atoms with Crippen LogP contribution in [0.4, 0.5) is 9.18 Å². The third-order valence-corrected chi connectivity index (χ3v) is 1.24. The summed E-state index contributed by atoms with van der Waals surface area (Å²) in [6, 6.07) is 0. The van der Waals surface area contributed by atoms with Crippen molar-refractivity contribution < 1.29 is 19.0 Å². The Hall–Kier alpha value is -1.10. The zero-order chi connectivity index (χ0) is 11.2. The Labute approximate surface area is 83.0 Å². The Balaban J connectivity index is 4.18. The Bertz CT molecular complexity index is 211. The number of aliphatic hydroxyl groups excluding tert-OH is 1. The fraction of sp³-hybridized carbons (Fsp3) is 0.667. The molecule has 0 saturated heterocycles. The largest absolute Gasteiger partial charge is 0.444 e. The van der Waals surface area contributed by atoms with Gasteiger partial charge in [0.2, 0.25) is 0 Å². The van der Waals surface area contributed by atoms with Gasteiger partial charge in [0.1, 0.15) is 12.3 Å². The first-order valence-electron chi connectivity index (χ1n) is 4.24. The summed E-state index contributed by atoms with van der Waals surface area (Å²) in [7, 11) is 0. The van der Waals surface area contributed by atoms with E-state index in [9.17, 15) is 9.18 Å². The number of hydrogen-bond acceptors (Lipinski definition) is 3. The molecule has 0 saturated carbocycles. The van der Waals surface area contributed by atoms with E-state index in [0.717, 1.165) is 11.0 Å². The molecule has 5 heteroatoms. The van der Waals surface area contributed by atoms with Crippen LogP contribution in [0.5, 0.6) is 0 Å². The minimum Gasteiger partial charge on any atom is -0.444 e. The summed E-state index contributed by atoms with van der Waals surface area (Å²) >= 11 is 0. The van der Waals surface area contributed by atoms with Gasteiger partial charge in [-0.05, 0) is 26.8 Å². The van der Waals surface area contributed by atoms with Crippen LogP contribution in [0, 0.1) is 0 Å². The van der Waals surface area contributed by atoms with E-state index < -0.39 is 18.4 Å². The third kappa shape index (κ3) is 5.53. The van der Waals surface area contributed by atoms with E-state index >= 15 is 0 Å². The Morgan fingerprint density at radius 3 is 2.50 bits per heavy atom. The molecule has 0 radical (unpaired) electrons. The van der Waals surface area contributed by atoms with Crippen LogP contribution >= 0.6 is 0 Å². The fourth-order valence-electron chi connectivity index (χ4n) is 0.684. The first-order valence-corrected chi connectivity index (χ1v) is 4.24. The van der Waals surface area contributed by atoms with E-state index in [0.29, 0.717) is 6.33 Å². The summed E-state index contributed by atoms with van der Waals surface area (Å²) in [5.74, 6) is 0. The number of nitrogens with zero attached hydrogens (tertiary/aromatic N) is 1. The molecule has 0 aliphatic rings. The van der Waals surface area contributed by atoms with Gasteiger partial charge in [0.25, 0.3) is 0 Å². The van der Waals surface area contributed by atoms with Crippen molar-refractivity contribution in [1.82, 2.24) is 4.90 Å². The van der Waals surface area contributed by atoms with Crippen molar-refractivity contribution in [3.63, 3.8) is 0 Å². The minimum absolute atomic E-state index is 0.0120. The van der Waals surface area contributed by atoms with Crippen molar-refractivity contribution >= 4 is 6.09 Å². The summed E-state index contributed by atoms with van der Waals surface area (Å²) in [5, 5.41) is 8.79. The number of ether oxygens (including phenoxy) is 1. The maximum absolute atomic E-state index is 11.7. The zero-order valence-electron chi connectivity index (χ0n) is 8.66. The monoisotopic (exact) mass is 205 g/mol. The van der Waals surface area contributed by atoms with Crippen molar-refractivity contribution in [3.8, 4) is 0 Å². The highest BCUT2D eigenvalue weighted by Crippen LogP contribution is 2.09. The number of amides is 1. The molecule has 0 aliphatic heterocycles. The Kier molecular flexibility index (Phi) is 5.15. The van der Waals surface area contributed by atoms with Gasteiger partial charge in [-0.2, -0.15) is 0 Å². The molecule has 0 fully saturated rings. The maximum atomic E-state index is 11.7. The average Bonchev–Trinajstić information content (AvgIpc) is 2.02. The SMILES string of the molecule is CC(C)(C)OC(=O)N(CO)CC=CF. The van der Waals surface area contributed by atoms with Gasteiger partial charge in [-0.15, -0.1) is 0 Å². The second-order valence-electron chi connectivity index (χ2n) is 3.71. The molecular weight excluding hydrogens is 189 g/mol. The lowest BCUT2D eigenvalue weighted by Crippen LogP contribution is -2.37. The first-order chi connectivity index (χ1) is 6.40. The van der Waals surface area contributed by atoms with Crippen LogP contribution in [-0.4, -0.2) is 35.0 Å². The quantitative estimate of drug-likeness (QED) is 0.713. The molecule has 1 amide bonds. The van der Waals surface area contributed by atoms with Gasteiger partial charge in [-0.25, -0.2) is 9.18 Å². The zero-order valence-corrected chi connectivity index (χ0v) is 8.66. The molecule has 14 heavy (non-hydrogen) atoms. The smallest absolute Gasteiger partial charge is 0.412 e. The molecule has 4 nitrogen and oxygen atoms in total. The average molecular weight is 205 g/mol. The number of carbonyl (C=O) groups excluding carboxylic acids is 1. The third-order valence-electron chi connectivity index (χ3n) is 1.24. The number of halogens is 1. The van der Waals surface area contributed by atoms with Crippen molar-refractivity contribution in [2.45, 2.75) is 26.4 Å². The normalized spacial score (nSPS) is 11.8. The standard InChI is InChI=1S/C9H16FNO3/c1-9(2,3)14-8(13)11(7-12)6-4-5-10/h4-5,12H,6-7H2,1-3H3. The van der Waals surface area contributed by atoms with Crippen LogP contribution in [0.15, 0.2) is 12.4 Å². The number of aliphatic hydroxyl groups is 1. The van der Waals surface area contributed by atoms with Crippen LogP contribution in [0.2, 0.25) is 0 Å². The van der Waals surface area contributed by atoms with Crippen LogP contribution in [0.1, 0.15) is 20.8 Å². The molecule has 0 aliphatic carbocycles. The number of carbonyl (C=O) groups is 1. The fourth-order valence-corrected chi connectivity index (χ4v) is 0.684. The second kappa shape index (κ2) is 5.59. The summed E-state index contributed by atoms with van der Waals surface area (Å²) in [5.41, 5.74) is -0.621. The minimum atomic E-state index is -0.668. The van der Waals surface area contributed by atoms with E-state index in [1.54, 1.807) is 20.8 Å². The van der Waals surface area contributed by atoms with Crippen LogP contribution in [0.25, 0.3) is 0 Å². The van der Waals surface area contributed by atoms with Gasteiger partial charge >= 0.3 is 6.09 Å².